The molecule has 3 nitrogen and oxygen atoms in total. The summed E-state index contributed by atoms with van der Waals surface area (Å²) in [6.45, 7) is 5.65. The lowest BCUT2D eigenvalue weighted by Crippen LogP contribution is -2.24. The minimum absolute atomic E-state index is 0.00379. The number of likely N-dealkylation sites (tertiary alicyclic amines) is 1. The summed E-state index contributed by atoms with van der Waals surface area (Å²) < 4.78 is 5.26. The van der Waals surface area contributed by atoms with Crippen LogP contribution in [0.25, 0.3) is 0 Å². The average Bonchev–Trinajstić information content (AvgIpc) is 2.35. The zero-order valence-electron chi connectivity index (χ0n) is 8.04. The normalized spacial score (nSPS) is 24.8. The average molecular weight is 171 g/mol. The van der Waals surface area contributed by atoms with Crippen LogP contribution in [-0.4, -0.2) is 37.1 Å². The standard InChI is InChI=1S/C9H17NO2/c1-7(2)9(11)12-8-4-5-10(3)6-8/h7-8H,4-6H2,1-3H3/t8-/m1/s1. The molecule has 3 heteroatoms. The number of carbonyl (C=O) groups excluding carboxylic acids is 1. The molecule has 0 saturated carbocycles. The van der Waals surface area contributed by atoms with Crippen molar-refractivity contribution in [3.63, 3.8) is 0 Å². The summed E-state index contributed by atoms with van der Waals surface area (Å²) in [6.07, 6.45) is 1.11. The predicted molar refractivity (Wildman–Crippen MR) is 46.8 cm³/mol. The van der Waals surface area contributed by atoms with Gasteiger partial charge in [0.25, 0.3) is 0 Å². The molecule has 0 aromatic rings. The molecule has 1 aliphatic rings. The Balaban J connectivity index is 2.28. The molecule has 0 aliphatic carbocycles. The zero-order chi connectivity index (χ0) is 9.14. The van der Waals surface area contributed by atoms with Crippen LogP contribution in [0.3, 0.4) is 0 Å². The van der Waals surface area contributed by atoms with Gasteiger partial charge in [0, 0.05) is 13.1 Å². The van der Waals surface area contributed by atoms with E-state index in [0.717, 1.165) is 19.5 Å². The van der Waals surface area contributed by atoms with Crippen molar-refractivity contribution in [1.82, 2.24) is 4.90 Å². The first-order chi connectivity index (χ1) is 5.59. The summed E-state index contributed by atoms with van der Waals surface area (Å²) in [5.41, 5.74) is 0. The summed E-state index contributed by atoms with van der Waals surface area (Å²) in [6, 6.07) is 0. The van der Waals surface area contributed by atoms with Crippen molar-refractivity contribution in [1.29, 1.82) is 0 Å². The van der Waals surface area contributed by atoms with Crippen molar-refractivity contribution < 1.29 is 9.53 Å². The second-order valence-corrected chi connectivity index (χ2v) is 3.76. The van der Waals surface area contributed by atoms with E-state index in [4.69, 9.17) is 4.74 Å². The number of rotatable bonds is 2. The first-order valence-corrected chi connectivity index (χ1v) is 4.48. The number of ether oxygens (including phenoxy) is 1. The number of esters is 1. The Hall–Kier alpha value is -0.570. The third kappa shape index (κ3) is 2.48. The largest absolute Gasteiger partial charge is 0.461 e. The Morgan fingerprint density at radius 3 is 2.67 bits per heavy atom. The van der Waals surface area contributed by atoms with Gasteiger partial charge in [0.2, 0.25) is 0 Å². The molecule has 1 atom stereocenters. The van der Waals surface area contributed by atoms with Crippen LogP contribution in [0.2, 0.25) is 0 Å². The minimum Gasteiger partial charge on any atom is -0.461 e. The van der Waals surface area contributed by atoms with Gasteiger partial charge in [-0.1, -0.05) is 13.8 Å². The summed E-state index contributed by atoms with van der Waals surface area (Å²) in [4.78, 5) is 13.3. The van der Waals surface area contributed by atoms with Crippen LogP contribution in [-0.2, 0) is 9.53 Å². The van der Waals surface area contributed by atoms with E-state index in [1.54, 1.807) is 0 Å². The number of carbonyl (C=O) groups is 1. The number of likely N-dealkylation sites (N-methyl/N-ethyl adjacent to an activating group) is 1. The third-order valence-electron chi connectivity index (χ3n) is 2.10. The molecule has 0 N–H and O–H groups in total. The zero-order valence-corrected chi connectivity index (χ0v) is 8.04. The summed E-state index contributed by atoms with van der Waals surface area (Å²) in [7, 11) is 2.04. The Labute approximate surface area is 73.7 Å². The van der Waals surface area contributed by atoms with Gasteiger partial charge in [-0.2, -0.15) is 0 Å². The molecule has 12 heavy (non-hydrogen) atoms. The highest BCUT2D eigenvalue weighted by Crippen LogP contribution is 2.12. The van der Waals surface area contributed by atoms with Crippen LogP contribution < -0.4 is 0 Å². The van der Waals surface area contributed by atoms with E-state index in [2.05, 4.69) is 4.90 Å². The molecule has 0 bridgehead atoms. The Morgan fingerprint density at radius 1 is 1.58 bits per heavy atom. The van der Waals surface area contributed by atoms with Crippen LogP contribution in [0, 0.1) is 5.92 Å². The number of hydrogen-bond donors (Lipinski definition) is 0. The van der Waals surface area contributed by atoms with E-state index in [0.29, 0.717) is 0 Å². The summed E-state index contributed by atoms with van der Waals surface area (Å²) in [5, 5.41) is 0. The fourth-order valence-corrected chi connectivity index (χ4v) is 1.29. The Bertz CT molecular complexity index is 168. The Kier molecular flexibility index (Phi) is 3.09. The lowest BCUT2D eigenvalue weighted by molar-refractivity contribution is -0.152. The van der Waals surface area contributed by atoms with Crippen molar-refractivity contribution in [3.8, 4) is 0 Å². The molecule has 0 radical (unpaired) electrons. The van der Waals surface area contributed by atoms with Crippen LogP contribution in [0.5, 0.6) is 0 Å². The highest BCUT2D eigenvalue weighted by atomic mass is 16.5. The monoisotopic (exact) mass is 171 g/mol. The molecule has 1 rings (SSSR count). The molecular weight excluding hydrogens is 154 g/mol. The SMILES string of the molecule is CC(C)C(=O)O[C@@H]1CCN(C)C1. The highest BCUT2D eigenvalue weighted by Gasteiger charge is 2.23. The van der Waals surface area contributed by atoms with Gasteiger partial charge in [-0.3, -0.25) is 4.79 Å². The molecular formula is C9H17NO2. The maximum Gasteiger partial charge on any atom is 0.308 e. The van der Waals surface area contributed by atoms with Gasteiger partial charge in [0.15, 0.2) is 0 Å². The molecule has 1 heterocycles. The first kappa shape index (κ1) is 9.52. The highest BCUT2D eigenvalue weighted by molar-refractivity contribution is 5.71. The van der Waals surface area contributed by atoms with E-state index in [1.807, 2.05) is 20.9 Å². The van der Waals surface area contributed by atoms with Gasteiger partial charge in [-0.25, -0.2) is 0 Å². The molecule has 1 saturated heterocycles. The van der Waals surface area contributed by atoms with Crippen LogP contribution >= 0.6 is 0 Å². The fourth-order valence-electron chi connectivity index (χ4n) is 1.29. The van der Waals surface area contributed by atoms with Crippen molar-refractivity contribution in [2.45, 2.75) is 26.4 Å². The first-order valence-electron chi connectivity index (χ1n) is 4.48. The lowest BCUT2D eigenvalue weighted by Gasteiger charge is -2.13. The smallest absolute Gasteiger partial charge is 0.308 e. The number of nitrogens with zero attached hydrogens (tertiary/aromatic N) is 1. The molecule has 1 fully saturated rings. The van der Waals surface area contributed by atoms with Crippen molar-refractivity contribution in [2.75, 3.05) is 20.1 Å². The van der Waals surface area contributed by atoms with E-state index >= 15 is 0 Å². The molecule has 1 aliphatic heterocycles. The van der Waals surface area contributed by atoms with Crippen molar-refractivity contribution >= 4 is 5.97 Å². The fraction of sp³-hybridized carbons (Fsp3) is 0.889. The van der Waals surface area contributed by atoms with Crippen LogP contribution in [0.4, 0.5) is 0 Å². The lowest BCUT2D eigenvalue weighted by atomic mass is 10.2. The van der Waals surface area contributed by atoms with Crippen LogP contribution in [0.1, 0.15) is 20.3 Å². The number of hydrogen-bond acceptors (Lipinski definition) is 3. The summed E-state index contributed by atoms with van der Waals surface area (Å²) in [5.74, 6) is -0.0776. The van der Waals surface area contributed by atoms with Gasteiger partial charge < -0.3 is 9.64 Å². The topological polar surface area (TPSA) is 29.5 Å². The minimum atomic E-state index is -0.0738. The maximum atomic E-state index is 11.2. The van der Waals surface area contributed by atoms with E-state index in [1.165, 1.54) is 0 Å². The van der Waals surface area contributed by atoms with Crippen molar-refractivity contribution in [2.24, 2.45) is 5.92 Å². The van der Waals surface area contributed by atoms with E-state index in [9.17, 15) is 4.79 Å². The van der Waals surface area contributed by atoms with Gasteiger partial charge in [0.1, 0.15) is 6.10 Å². The van der Waals surface area contributed by atoms with E-state index < -0.39 is 0 Å². The molecule has 0 aromatic heterocycles. The van der Waals surface area contributed by atoms with Crippen molar-refractivity contribution in [3.05, 3.63) is 0 Å². The molecule has 0 amide bonds. The van der Waals surface area contributed by atoms with Crippen LogP contribution in [0.15, 0.2) is 0 Å². The van der Waals surface area contributed by atoms with E-state index in [-0.39, 0.29) is 18.0 Å². The van der Waals surface area contributed by atoms with Gasteiger partial charge in [-0.15, -0.1) is 0 Å². The summed E-state index contributed by atoms with van der Waals surface area (Å²) >= 11 is 0. The molecule has 0 spiro atoms. The second kappa shape index (κ2) is 3.90. The third-order valence-corrected chi connectivity index (χ3v) is 2.10. The molecule has 70 valence electrons. The molecule has 0 aromatic carbocycles. The Morgan fingerprint density at radius 2 is 2.25 bits per heavy atom. The quantitative estimate of drug-likeness (QED) is 0.578. The van der Waals surface area contributed by atoms with Gasteiger partial charge in [-0.05, 0) is 13.5 Å². The van der Waals surface area contributed by atoms with Gasteiger partial charge >= 0.3 is 5.97 Å². The van der Waals surface area contributed by atoms with Gasteiger partial charge in [0.05, 0.1) is 5.92 Å². The predicted octanol–water partition coefficient (Wildman–Crippen LogP) is 0.890. The maximum absolute atomic E-state index is 11.2. The molecule has 0 unspecified atom stereocenters. The second-order valence-electron chi connectivity index (χ2n) is 3.76.